The largest absolute Gasteiger partial charge is 0.487 e. The number of likely N-dealkylation sites (tertiary alicyclic amines) is 1. The number of nitrogens with zero attached hydrogens (tertiary/aromatic N) is 1. The minimum absolute atomic E-state index is 0.124. The number of thiophene rings is 1. The molecule has 5 heteroatoms. The summed E-state index contributed by atoms with van der Waals surface area (Å²) in [6.07, 6.45) is 5.88. The second-order valence-corrected chi connectivity index (χ2v) is 10.4. The zero-order chi connectivity index (χ0) is 19.8. The van der Waals surface area contributed by atoms with E-state index in [2.05, 4.69) is 47.5 Å². The van der Waals surface area contributed by atoms with Gasteiger partial charge in [0.25, 0.3) is 0 Å². The maximum Gasteiger partial charge on any atom is 0.220 e. The number of piperidine rings is 1. The highest BCUT2D eigenvalue weighted by atomic mass is 32.1. The number of rotatable bonds is 5. The highest BCUT2D eigenvalue weighted by Gasteiger charge is 2.43. The van der Waals surface area contributed by atoms with Crippen LogP contribution in [0.25, 0.3) is 0 Å². The van der Waals surface area contributed by atoms with Gasteiger partial charge in [0.1, 0.15) is 11.4 Å². The highest BCUT2D eigenvalue weighted by Crippen LogP contribution is 2.46. The molecular weight excluding hydrogens is 380 g/mol. The Morgan fingerprint density at radius 1 is 1.21 bits per heavy atom. The first-order chi connectivity index (χ1) is 14.1. The Bertz CT molecular complexity index is 881. The van der Waals surface area contributed by atoms with Gasteiger partial charge >= 0.3 is 0 Å². The molecule has 1 aromatic carbocycles. The topological polar surface area (TPSA) is 41.6 Å². The van der Waals surface area contributed by atoms with Crippen molar-refractivity contribution in [2.45, 2.75) is 69.6 Å². The minimum Gasteiger partial charge on any atom is -0.487 e. The summed E-state index contributed by atoms with van der Waals surface area (Å²) in [5, 5.41) is 3.17. The second-order valence-electron chi connectivity index (χ2n) is 9.06. The second kappa shape index (κ2) is 7.77. The first-order valence-corrected chi connectivity index (χ1v) is 11.8. The van der Waals surface area contributed by atoms with Crippen molar-refractivity contribution in [3.8, 4) is 5.75 Å². The summed E-state index contributed by atoms with van der Waals surface area (Å²) in [4.78, 5) is 17.9. The molecule has 1 amide bonds. The SMILES string of the molecule is Cc1ccc(CN2CCC3(CC2)C[C@@H](CC(=O)NC2CC2)c2ccccc2O3)s1. The molecule has 1 saturated heterocycles. The van der Waals surface area contributed by atoms with E-state index < -0.39 is 0 Å². The summed E-state index contributed by atoms with van der Waals surface area (Å²) < 4.78 is 6.61. The molecule has 1 saturated carbocycles. The van der Waals surface area contributed by atoms with E-state index in [-0.39, 0.29) is 17.4 Å². The van der Waals surface area contributed by atoms with E-state index in [9.17, 15) is 4.79 Å². The molecule has 2 fully saturated rings. The third-order valence-corrected chi connectivity index (χ3v) is 7.61. The van der Waals surface area contributed by atoms with Gasteiger partial charge in [0.2, 0.25) is 5.91 Å². The highest BCUT2D eigenvalue weighted by molar-refractivity contribution is 7.11. The number of para-hydroxylation sites is 1. The monoisotopic (exact) mass is 410 g/mol. The predicted octanol–water partition coefficient (Wildman–Crippen LogP) is 4.63. The quantitative estimate of drug-likeness (QED) is 0.782. The van der Waals surface area contributed by atoms with Gasteiger partial charge in [0, 0.05) is 47.8 Å². The van der Waals surface area contributed by atoms with Crippen LogP contribution < -0.4 is 10.1 Å². The Balaban J connectivity index is 1.27. The molecule has 2 aliphatic heterocycles. The summed E-state index contributed by atoms with van der Waals surface area (Å²) in [7, 11) is 0. The van der Waals surface area contributed by atoms with Gasteiger partial charge in [0.05, 0.1) is 0 Å². The summed E-state index contributed by atoms with van der Waals surface area (Å²) in [6, 6.07) is 13.2. The van der Waals surface area contributed by atoms with Crippen LogP contribution in [0.1, 0.15) is 59.8 Å². The maximum atomic E-state index is 12.5. The molecule has 0 radical (unpaired) electrons. The molecule has 1 atom stereocenters. The van der Waals surface area contributed by atoms with Gasteiger partial charge in [-0.2, -0.15) is 0 Å². The molecular formula is C24H30N2O2S. The molecule has 2 aromatic rings. The van der Waals surface area contributed by atoms with E-state index in [4.69, 9.17) is 4.74 Å². The van der Waals surface area contributed by atoms with Crippen molar-refractivity contribution in [3.05, 3.63) is 51.7 Å². The first kappa shape index (κ1) is 19.1. The van der Waals surface area contributed by atoms with Gasteiger partial charge < -0.3 is 10.1 Å². The zero-order valence-electron chi connectivity index (χ0n) is 17.2. The lowest BCUT2D eigenvalue weighted by atomic mass is 9.76. The lowest BCUT2D eigenvalue weighted by Gasteiger charge is -2.47. The van der Waals surface area contributed by atoms with Gasteiger partial charge in [-0.15, -0.1) is 11.3 Å². The van der Waals surface area contributed by atoms with E-state index in [1.165, 1.54) is 15.3 Å². The van der Waals surface area contributed by atoms with Gasteiger partial charge in [-0.3, -0.25) is 9.69 Å². The number of nitrogens with one attached hydrogen (secondary N) is 1. The molecule has 1 aromatic heterocycles. The Morgan fingerprint density at radius 3 is 2.72 bits per heavy atom. The number of hydrogen-bond donors (Lipinski definition) is 1. The van der Waals surface area contributed by atoms with Crippen molar-refractivity contribution < 1.29 is 9.53 Å². The van der Waals surface area contributed by atoms with Crippen molar-refractivity contribution >= 4 is 17.2 Å². The molecule has 0 bridgehead atoms. The van der Waals surface area contributed by atoms with Crippen LogP contribution in [0.2, 0.25) is 0 Å². The molecule has 1 aliphatic carbocycles. The normalized spacial score (nSPS) is 23.4. The third kappa shape index (κ3) is 4.36. The fourth-order valence-corrected chi connectivity index (χ4v) is 5.81. The third-order valence-electron chi connectivity index (χ3n) is 6.62. The number of benzene rings is 1. The summed E-state index contributed by atoms with van der Waals surface area (Å²) in [5.41, 5.74) is 1.08. The number of aryl methyl sites for hydroxylation is 1. The van der Waals surface area contributed by atoms with Crippen molar-refractivity contribution in [2.75, 3.05) is 13.1 Å². The molecule has 4 nitrogen and oxygen atoms in total. The number of carbonyl (C=O) groups excluding carboxylic acids is 1. The van der Waals surface area contributed by atoms with Gasteiger partial charge in [-0.1, -0.05) is 18.2 Å². The van der Waals surface area contributed by atoms with E-state index in [1.54, 1.807) is 0 Å². The van der Waals surface area contributed by atoms with Crippen molar-refractivity contribution in [1.82, 2.24) is 10.2 Å². The molecule has 3 aliphatic rings. The van der Waals surface area contributed by atoms with E-state index in [1.807, 2.05) is 17.4 Å². The molecule has 0 unspecified atom stereocenters. The number of carbonyl (C=O) groups is 1. The van der Waals surface area contributed by atoms with Gasteiger partial charge in [-0.25, -0.2) is 0 Å². The van der Waals surface area contributed by atoms with Crippen LogP contribution in [-0.2, 0) is 11.3 Å². The number of fused-ring (bicyclic) bond motifs is 1. The zero-order valence-corrected chi connectivity index (χ0v) is 18.0. The standard InChI is InChI=1S/C24H30N2O2S/c1-17-6-9-20(29-17)16-26-12-10-24(11-13-26)15-18(14-23(27)25-19-7-8-19)21-4-2-3-5-22(21)28-24/h2-6,9,18-19H,7-8,10-16H2,1H3,(H,25,27)/t18-/m1/s1. The van der Waals surface area contributed by atoms with Crippen LogP contribution in [0.15, 0.2) is 36.4 Å². The van der Waals surface area contributed by atoms with Crippen LogP contribution in [0.4, 0.5) is 0 Å². The molecule has 5 rings (SSSR count). The maximum absolute atomic E-state index is 12.5. The van der Waals surface area contributed by atoms with Crippen LogP contribution in [0.3, 0.4) is 0 Å². The Labute approximate surface area is 177 Å². The average Bonchev–Trinajstić information content (AvgIpc) is 3.42. The van der Waals surface area contributed by atoms with Crippen molar-refractivity contribution in [1.29, 1.82) is 0 Å². The Morgan fingerprint density at radius 2 is 2.00 bits per heavy atom. The van der Waals surface area contributed by atoms with Gasteiger partial charge in [0.15, 0.2) is 0 Å². The summed E-state index contributed by atoms with van der Waals surface area (Å²) in [6.45, 7) is 5.32. The Kier molecular flexibility index (Phi) is 5.12. The van der Waals surface area contributed by atoms with Crippen molar-refractivity contribution in [3.63, 3.8) is 0 Å². The predicted molar refractivity (Wildman–Crippen MR) is 117 cm³/mol. The average molecular weight is 411 g/mol. The van der Waals surface area contributed by atoms with Crippen LogP contribution >= 0.6 is 11.3 Å². The smallest absolute Gasteiger partial charge is 0.220 e. The lowest BCUT2D eigenvalue weighted by molar-refractivity contribution is -0.122. The fraction of sp³-hybridized carbons (Fsp3) is 0.542. The summed E-state index contributed by atoms with van der Waals surface area (Å²) in [5.74, 6) is 1.45. The van der Waals surface area contributed by atoms with Crippen LogP contribution in [0, 0.1) is 6.92 Å². The van der Waals surface area contributed by atoms with Crippen LogP contribution in [-0.4, -0.2) is 35.5 Å². The Hall–Kier alpha value is -1.85. The van der Waals surface area contributed by atoms with E-state index in [0.717, 1.165) is 57.5 Å². The minimum atomic E-state index is -0.124. The lowest BCUT2D eigenvalue weighted by Crippen LogP contribution is -2.50. The molecule has 3 heterocycles. The van der Waals surface area contributed by atoms with Crippen molar-refractivity contribution in [2.24, 2.45) is 0 Å². The first-order valence-electron chi connectivity index (χ1n) is 10.9. The molecule has 1 spiro atoms. The fourth-order valence-electron chi connectivity index (χ4n) is 4.88. The van der Waals surface area contributed by atoms with Gasteiger partial charge in [-0.05, 0) is 62.8 Å². The number of amides is 1. The number of hydrogen-bond acceptors (Lipinski definition) is 4. The van der Waals surface area contributed by atoms with Crippen LogP contribution in [0.5, 0.6) is 5.75 Å². The van der Waals surface area contributed by atoms with E-state index >= 15 is 0 Å². The summed E-state index contributed by atoms with van der Waals surface area (Å²) >= 11 is 1.90. The number of ether oxygens (including phenoxy) is 1. The molecule has 29 heavy (non-hydrogen) atoms. The molecule has 1 N–H and O–H groups in total. The molecule has 154 valence electrons. The van der Waals surface area contributed by atoms with E-state index in [0.29, 0.717) is 12.5 Å².